The Hall–Kier alpha value is -0.120. The van der Waals surface area contributed by atoms with Gasteiger partial charge >= 0.3 is 0 Å². The average molecular weight is 270 g/mol. The molecule has 1 saturated heterocycles. The van der Waals surface area contributed by atoms with Gasteiger partial charge < -0.3 is 15.3 Å². The van der Waals surface area contributed by atoms with Crippen molar-refractivity contribution in [2.45, 2.75) is 77.3 Å². The average Bonchev–Trinajstić information content (AvgIpc) is 2.44. The Kier molecular flexibility index (Phi) is 7.96. The molecule has 3 nitrogen and oxygen atoms in total. The minimum absolute atomic E-state index is 0.107. The first-order valence-corrected chi connectivity index (χ1v) is 8.25. The summed E-state index contributed by atoms with van der Waals surface area (Å²) in [6.07, 6.45) is 8.89. The molecule has 0 aliphatic carbocycles. The maximum atomic E-state index is 9.63. The molecule has 2 unspecified atom stereocenters. The van der Waals surface area contributed by atoms with Crippen LogP contribution in [-0.4, -0.2) is 47.8 Å². The van der Waals surface area contributed by atoms with Crippen LogP contribution in [0.1, 0.15) is 65.7 Å². The Morgan fingerprint density at radius 2 is 2.05 bits per heavy atom. The van der Waals surface area contributed by atoms with Crippen LogP contribution in [0.3, 0.4) is 0 Å². The lowest BCUT2D eigenvalue weighted by molar-refractivity contribution is 0.103. The van der Waals surface area contributed by atoms with E-state index in [0.717, 1.165) is 32.0 Å². The minimum Gasteiger partial charge on any atom is -0.394 e. The molecule has 1 aliphatic heterocycles. The number of nitrogens with zero attached hydrogens (tertiary/aromatic N) is 1. The predicted molar refractivity (Wildman–Crippen MR) is 82.5 cm³/mol. The Labute approximate surface area is 119 Å². The third kappa shape index (κ3) is 5.80. The Morgan fingerprint density at radius 1 is 1.26 bits per heavy atom. The van der Waals surface area contributed by atoms with Gasteiger partial charge in [-0.05, 0) is 52.1 Å². The van der Waals surface area contributed by atoms with Gasteiger partial charge in [-0.1, -0.05) is 26.7 Å². The third-order valence-electron chi connectivity index (χ3n) is 4.47. The standard InChI is InChI=1S/C16H34N2O/c1-4-8-15-9-6-7-12-18(15)13-10-16(3,14-19)17-11-5-2/h15,17,19H,4-14H2,1-3H3. The quantitative estimate of drug-likeness (QED) is 0.676. The number of nitrogens with one attached hydrogen (secondary N) is 1. The second-order valence-corrected chi connectivity index (χ2v) is 6.37. The first kappa shape index (κ1) is 16.9. The van der Waals surface area contributed by atoms with Crippen molar-refractivity contribution in [2.75, 3.05) is 26.2 Å². The zero-order chi connectivity index (χ0) is 14.1. The highest BCUT2D eigenvalue weighted by Crippen LogP contribution is 2.22. The number of aliphatic hydroxyl groups excluding tert-OH is 1. The lowest BCUT2D eigenvalue weighted by Crippen LogP contribution is -2.50. The van der Waals surface area contributed by atoms with Crippen molar-refractivity contribution in [1.82, 2.24) is 10.2 Å². The van der Waals surface area contributed by atoms with Crippen molar-refractivity contribution < 1.29 is 5.11 Å². The summed E-state index contributed by atoms with van der Waals surface area (Å²) in [4.78, 5) is 2.66. The smallest absolute Gasteiger partial charge is 0.0611 e. The van der Waals surface area contributed by atoms with Crippen molar-refractivity contribution in [1.29, 1.82) is 0 Å². The van der Waals surface area contributed by atoms with Crippen LogP contribution in [0.15, 0.2) is 0 Å². The third-order valence-corrected chi connectivity index (χ3v) is 4.47. The lowest BCUT2D eigenvalue weighted by Gasteiger charge is -2.38. The van der Waals surface area contributed by atoms with Crippen LogP contribution in [0.2, 0.25) is 0 Å². The van der Waals surface area contributed by atoms with Crippen LogP contribution in [-0.2, 0) is 0 Å². The van der Waals surface area contributed by atoms with E-state index in [1.807, 2.05) is 0 Å². The van der Waals surface area contributed by atoms with E-state index in [1.54, 1.807) is 0 Å². The highest BCUT2D eigenvalue weighted by Gasteiger charge is 2.26. The molecular weight excluding hydrogens is 236 g/mol. The summed E-state index contributed by atoms with van der Waals surface area (Å²) in [7, 11) is 0. The molecular formula is C16H34N2O. The molecule has 1 rings (SSSR count). The number of likely N-dealkylation sites (tertiary alicyclic amines) is 1. The predicted octanol–water partition coefficient (Wildman–Crippen LogP) is 2.78. The fourth-order valence-corrected chi connectivity index (χ4v) is 3.06. The van der Waals surface area contributed by atoms with Gasteiger partial charge in [0, 0.05) is 18.1 Å². The van der Waals surface area contributed by atoms with Crippen LogP contribution in [0.4, 0.5) is 0 Å². The van der Waals surface area contributed by atoms with Crippen LogP contribution >= 0.6 is 0 Å². The molecule has 0 aromatic heterocycles. The Bertz CT molecular complexity index is 233. The highest BCUT2D eigenvalue weighted by atomic mass is 16.3. The lowest BCUT2D eigenvalue weighted by atomic mass is 9.94. The summed E-state index contributed by atoms with van der Waals surface area (Å²) in [5.74, 6) is 0. The van der Waals surface area contributed by atoms with Crippen LogP contribution in [0.25, 0.3) is 0 Å². The normalized spacial score (nSPS) is 24.3. The van der Waals surface area contributed by atoms with E-state index in [0.29, 0.717) is 0 Å². The maximum absolute atomic E-state index is 9.63. The molecule has 1 aliphatic rings. The summed E-state index contributed by atoms with van der Waals surface area (Å²) < 4.78 is 0. The molecule has 1 fully saturated rings. The second kappa shape index (κ2) is 8.93. The molecule has 19 heavy (non-hydrogen) atoms. The molecule has 1 heterocycles. The van der Waals surface area contributed by atoms with Gasteiger partial charge in [-0.3, -0.25) is 0 Å². The highest BCUT2D eigenvalue weighted by molar-refractivity contribution is 4.85. The minimum atomic E-state index is -0.107. The molecule has 0 radical (unpaired) electrons. The summed E-state index contributed by atoms with van der Waals surface area (Å²) in [6, 6.07) is 0.785. The first-order chi connectivity index (χ1) is 9.15. The SMILES string of the molecule is CCCNC(C)(CO)CCN1CCCCC1CCC. The van der Waals surface area contributed by atoms with Crippen LogP contribution in [0, 0.1) is 0 Å². The van der Waals surface area contributed by atoms with Crippen molar-refractivity contribution in [3.8, 4) is 0 Å². The van der Waals surface area contributed by atoms with E-state index in [9.17, 15) is 5.11 Å². The number of rotatable bonds is 9. The monoisotopic (exact) mass is 270 g/mol. The molecule has 0 spiro atoms. The number of hydrogen-bond acceptors (Lipinski definition) is 3. The molecule has 2 N–H and O–H groups in total. The number of hydrogen-bond donors (Lipinski definition) is 2. The van der Waals surface area contributed by atoms with Gasteiger partial charge in [0.05, 0.1) is 6.61 Å². The van der Waals surface area contributed by atoms with E-state index in [-0.39, 0.29) is 12.1 Å². The molecule has 0 amide bonds. The molecule has 114 valence electrons. The van der Waals surface area contributed by atoms with Gasteiger partial charge in [-0.25, -0.2) is 0 Å². The Balaban J connectivity index is 2.42. The molecule has 0 aromatic rings. The van der Waals surface area contributed by atoms with Gasteiger partial charge in [0.25, 0.3) is 0 Å². The van der Waals surface area contributed by atoms with Gasteiger partial charge in [0.1, 0.15) is 0 Å². The molecule has 3 heteroatoms. The van der Waals surface area contributed by atoms with Gasteiger partial charge in [-0.2, -0.15) is 0 Å². The van der Waals surface area contributed by atoms with Crippen molar-refractivity contribution in [2.24, 2.45) is 0 Å². The number of aliphatic hydroxyl groups is 1. The topological polar surface area (TPSA) is 35.5 Å². The summed E-state index contributed by atoms with van der Waals surface area (Å²) in [5.41, 5.74) is -0.107. The zero-order valence-corrected chi connectivity index (χ0v) is 13.2. The first-order valence-electron chi connectivity index (χ1n) is 8.25. The summed E-state index contributed by atoms with van der Waals surface area (Å²) in [6.45, 7) is 10.2. The van der Waals surface area contributed by atoms with Gasteiger partial charge in [-0.15, -0.1) is 0 Å². The molecule has 0 saturated carbocycles. The van der Waals surface area contributed by atoms with E-state index in [1.165, 1.54) is 38.6 Å². The number of piperidine rings is 1. The fraction of sp³-hybridized carbons (Fsp3) is 1.00. The molecule has 2 atom stereocenters. The van der Waals surface area contributed by atoms with Crippen molar-refractivity contribution >= 4 is 0 Å². The maximum Gasteiger partial charge on any atom is 0.0611 e. The van der Waals surface area contributed by atoms with E-state index >= 15 is 0 Å². The van der Waals surface area contributed by atoms with E-state index < -0.39 is 0 Å². The van der Waals surface area contributed by atoms with Crippen molar-refractivity contribution in [3.05, 3.63) is 0 Å². The Morgan fingerprint density at radius 3 is 2.68 bits per heavy atom. The molecule has 0 aromatic carbocycles. The summed E-state index contributed by atoms with van der Waals surface area (Å²) >= 11 is 0. The fourth-order valence-electron chi connectivity index (χ4n) is 3.06. The summed E-state index contributed by atoms with van der Waals surface area (Å²) in [5, 5.41) is 13.1. The van der Waals surface area contributed by atoms with Crippen LogP contribution in [0.5, 0.6) is 0 Å². The van der Waals surface area contributed by atoms with Gasteiger partial charge in [0.15, 0.2) is 0 Å². The van der Waals surface area contributed by atoms with Crippen LogP contribution < -0.4 is 5.32 Å². The van der Waals surface area contributed by atoms with Gasteiger partial charge in [0.2, 0.25) is 0 Å². The van der Waals surface area contributed by atoms with E-state index in [2.05, 4.69) is 31.0 Å². The second-order valence-electron chi connectivity index (χ2n) is 6.37. The largest absolute Gasteiger partial charge is 0.394 e. The zero-order valence-electron chi connectivity index (χ0n) is 13.2. The van der Waals surface area contributed by atoms with Crippen molar-refractivity contribution in [3.63, 3.8) is 0 Å². The van der Waals surface area contributed by atoms with E-state index in [4.69, 9.17) is 0 Å². The molecule has 0 bridgehead atoms.